The van der Waals surface area contributed by atoms with E-state index in [9.17, 15) is 18.0 Å². The van der Waals surface area contributed by atoms with Crippen LogP contribution in [0.1, 0.15) is 22.7 Å². The van der Waals surface area contributed by atoms with Gasteiger partial charge in [-0.05, 0) is 17.2 Å². The summed E-state index contributed by atoms with van der Waals surface area (Å²) in [6.45, 7) is 0. The van der Waals surface area contributed by atoms with Gasteiger partial charge in [0.15, 0.2) is 5.54 Å². The van der Waals surface area contributed by atoms with Crippen LogP contribution in [-0.4, -0.2) is 12.1 Å². The number of fused-ring (bicyclic) bond motifs is 4. The monoisotopic (exact) mass is 304 g/mol. The molecule has 0 radical (unpaired) electrons. The van der Waals surface area contributed by atoms with Crippen LogP contribution in [0.4, 0.5) is 18.9 Å². The number of anilines is 1. The first-order valence-corrected chi connectivity index (χ1v) is 6.79. The normalized spacial score (nSPS) is 26.0. The summed E-state index contributed by atoms with van der Waals surface area (Å²) in [5, 5.41) is 5.21. The van der Waals surface area contributed by atoms with Crippen LogP contribution in [-0.2, 0) is 10.3 Å². The third kappa shape index (κ3) is 1.53. The quantitative estimate of drug-likeness (QED) is 0.785. The number of alkyl halides is 3. The molecule has 1 amide bonds. The third-order valence-electron chi connectivity index (χ3n) is 4.28. The van der Waals surface area contributed by atoms with Gasteiger partial charge in [0.1, 0.15) is 6.04 Å². The highest BCUT2D eigenvalue weighted by molar-refractivity contribution is 6.09. The Labute approximate surface area is 124 Å². The van der Waals surface area contributed by atoms with E-state index in [-0.39, 0.29) is 5.56 Å². The number of halogens is 3. The van der Waals surface area contributed by atoms with Crippen LogP contribution in [0.3, 0.4) is 0 Å². The topological polar surface area (TPSA) is 41.1 Å². The van der Waals surface area contributed by atoms with Crippen LogP contribution in [0, 0.1) is 0 Å². The van der Waals surface area contributed by atoms with Gasteiger partial charge in [0, 0.05) is 11.3 Å². The number of para-hydroxylation sites is 1. The first-order valence-electron chi connectivity index (χ1n) is 6.79. The molecule has 4 rings (SSSR count). The van der Waals surface area contributed by atoms with Gasteiger partial charge in [-0.1, -0.05) is 42.5 Å². The molecule has 2 heterocycles. The van der Waals surface area contributed by atoms with Gasteiger partial charge in [-0.15, -0.1) is 0 Å². The lowest BCUT2D eigenvalue weighted by Gasteiger charge is -2.25. The molecule has 0 aromatic heterocycles. The Morgan fingerprint density at radius 3 is 2.32 bits per heavy atom. The average molecular weight is 304 g/mol. The summed E-state index contributed by atoms with van der Waals surface area (Å²) in [6.07, 6.45) is -4.47. The fraction of sp³-hybridized carbons (Fsp3) is 0.188. The lowest BCUT2D eigenvalue weighted by atomic mass is 9.84. The second kappa shape index (κ2) is 4.10. The van der Waals surface area contributed by atoms with Gasteiger partial charge in [0.05, 0.1) is 0 Å². The first kappa shape index (κ1) is 13.3. The fourth-order valence-corrected chi connectivity index (χ4v) is 3.39. The Bertz CT molecular complexity index is 787. The standard InChI is InChI=1S/C16H11F3N2O/c17-16(18,19)13-9-5-1-2-6-10(9)15(21-13)11-7-3-4-8-12(11)20-14(15)22/h1-8,13,21H,(H,20,22). The second-order valence-corrected chi connectivity index (χ2v) is 5.46. The summed E-state index contributed by atoms with van der Waals surface area (Å²) in [4.78, 5) is 12.5. The Kier molecular flexibility index (Phi) is 2.49. The van der Waals surface area contributed by atoms with Gasteiger partial charge in [-0.2, -0.15) is 13.2 Å². The van der Waals surface area contributed by atoms with Crippen molar-refractivity contribution in [2.45, 2.75) is 17.8 Å². The van der Waals surface area contributed by atoms with E-state index < -0.39 is 23.7 Å². The highest BCUT2D eigenvalue weighted by atomic mass is 19.4. The van der Waals surface area contributed by atoms with Crippen molar-refractivity contribution in [1.29, 1.82) is 0 Å². The Hall–Kier alpha value is -2.34. The van der Waals surface area contributed by atoms with Crippen molar-refractivity contribution < 1.29 is 18.0 Å². The first-order chi connectivity index (χ1) is 10.4. The summed E-state index contributed by atoms with van der Waals surface area (Å²) in [7, 11) is 0. The Morgan fingerprint density at radius 1 is 0.955 bits per heavy atom. The lowest BCUT2D eigenvalue weighted by Crippen LogP contribution is -2.47. The van der Waals surface area contributed by atoms with Gasteiger partial charge in [0.25, 0.3) is 5.91 Å². The molecule has 2 atom stereocenters. The summed E-state index contributed by atoms with van der Waals surface area (Å²) in [5.41, 5.74) is 0.0476. The highest BCUT2D eigenvalue weighted by Gasteiger charge is 2.60. The molecule has 2 aromatic rings. The maximum atomic E-state index is 13.4. The van der Waals surface area contributed by atoms with Gasteiger partial charge < -0.3 is 5.32 Å². The number of carbonyl (C=O) groups is 1. The molecule has 0 saturated carbocycles. The van der Waals surface area contributed by atoms with Gasteiger partial charge in [-0.3, -0.25) is 10.1 Å². The molecule has 2 aromatic carbocycles. The van der Waals surface area contributed by atoms with Gasteiger partial charge in [0.2, 0.25) is 0 Å². The van der Waals surface area contributed by atoms with Crippen molar-refractivity contribution in [1.82, 2.24) is 5.32 Å². The molecule has 112 valence electrons. The number of nitrogens with one attached hydrogen (secondary N) is 2. The lowest BCUT2D eigenvalue weighted by molar-refractivity contribution is -0.159. The molecular weight excluding hydrogens is 293 g/mol. The maximum Gasteiger partial charge on any atom is 0.407 e. The molecule has 2 aliphatic rings. The van der Waals surface area contributed by atoms with E-state index in [0.717, 1.165) is 0 Å². The van der Waals surface area contributed by atoms with E-state index in [1.165, 1.54) is 6.07 Å². The van der Waals surface area contributed by atoms with Crippen molar-refractivity contribution in [2.24, 2.45) is 0 Å². The van der Waals surface area contributed by atoms with Gasteiger partial charge in [-0.25, -0.2) is 0 Å². The highest BCUT2D eigenvalue weighted by Crippen LogP contribution is 2.51. The second-order valence-electron chi connectivity index (χ2n) is 5.46. The van der Waals surface area contributed by atoms with Crippen LogP contribution in [0.2, 0.25) is 0 Å². The smallest absolute Gasteiger partial charge is 0.324 e. The number of carbonyl (C=O) groups excluding carboxylic acids is 1. The largest absolute Gasteiger partial charge is 0.407 e. The molecule has 6 heteroatoms. The van der Waals surface area contributed by atoms with Crippen LogP contribution >= 0.6 is 0 Å². The molecule has 2 unspecified atom stereocenters. The minimum Gasteiger partial charge on any atom is -0.324 e. The number of hydrogen-bond donors (Lipinski definition) is 2. The molecule has 1 spiro atoms. The van der Waals surface area contributed by atoms with Crippen molar-refractivity contribution in [3.05, 3.63) is 65.2 Å². The molecule has 0 aliphatic carbocycles. The van der Waals surface area contributed by atoms with Crippen molar-refractivity contribution in [3.8, 4) is 0 Å². The predicted octanol–water partition coefficient (Wildman–Crippen LogP) is 3.09. The molecule has 0 fully saturated rings. The van der Waals surface area contributed by atoms with E-state index in [1.807, 2.05) is 0 Å². The van der Waals surface area contributed by atoms with Crippen LogP contribution in [0.5, 0.6) is 0 Å². The third-order valence-corrected chi connectivity index (χ3v) is 4.28. The summed E-state index contributed by atoms with van der Waals surface area (Å²) in [6, 6.07) is 11.2. The zero-order valence-electron chi connectivity index (χ0n) is 11.2. The van der Waals surface area contributed by atoms with Crippen LogP contribution < -0.4 is 10.6 Å². The average Bonchev–Trinajstić information content (AvgIpc) is 2.98. The minimum atomic E-state index is -4.47. The fourth-order valence-electron chi connectivity index (χ4n) is 3.39. The van der Waals surface area contributed by atoms with Crippen molar-refractivity contribution in [3.63, 3.8) is 0 Å². The van der Waals surface area contributed by atoms with Crippen molar-refractivity contribution >= 4 is 11.6 Å². The van der Waals surface area contributed by atoms with Crippen LogP contribution in [0.25, 0.3) is 0 Å². The molecule has 2 aliphatic heterocycles. The van der Waals surface area contributed by atoms with E-state index in [1.54, 1.807) is 42.5 Å². The Morgan fingerprint density at radius 2 is 1.59 bits per heavy atom. The molecule has 0 saturated heterocycles. The minimum absolute atomic E-state index is 0.0989. The van der Waals surface area contributed by atoms with E-state index >= 15 is 0 Å². The van der Waals surface area contributed by atoms with E-state index in [4.69, 9.17) is 0 Å². The Balaban J connectivity index is 2.00. The number of amides is 1. The SMILES string of the molecule is O=C1Nc2ccccc2C12NC(C(F)(F)F)c1ccccc12. The van der Waals surface area contributed by atoms with E-state index in [0.29, 0.717) is 16.8 Å². The predicted molar refractivity (Wildman–Crippen MR) is 74.2 cm³/mol. The van der Waals surface area contributed by atoms with E-state index in [2.05, 4.69) is 10.6 Å². The molecule has 22 heavy (non-hydrogen) atoms. The zero-order valence-corrected chi connectivity index (χ0v) is 11.2. The number of rotatable bonds is 0. The molecular formula is C16H11F3N2O. The molecule has 3 nitrogen and oxygen atoms in total. The van der Waals surface area contributed by atoms with Crippen LogP contribution in [0.15, 0.2) is 48.5 Å². The summed E-state index contributed by atoms with van der Waals surface area (Å²) >= 11 is 0. The van der Waals surface area contributed by atoms with Gasteiger partial charge >= 0.3 is 6.18 Å². The number of benzene rings is 2. The number of hydrogen-bond acceptors (Lipinski definition) is 2. The summed E-state index contributed by atoms with van der Waals surface area (Å²) in [5.74, 6) is -0.479. The molecule has 0 bridgehead atoms. The molecule has 2 N–H and O–H groups in total. The maximum absolute atomic E-state index is 13.4. The van der Waals surface area contributed by atoms with Crippen molar-refractivity contribution in [2.75, 3.05) is 5.32 Å². The zero-order chi connectivity index (χ0) is 15.5. The summed E-state index contributed by atoms with van der Waals surface area (Å²) < 4.78 is 40.2.